The molecule has 1 heterocycles. The summed E-state index contributed by atoms with van der Waals surface area (Å²) < 4.78 is 5.76. The van der Waals surface area contributed by atoms with Crippen LogP contribution in [0.4, 0.5) is 4.79 Å². The van der Waals surface area contributed by atoms with Crippen LogP contribution in [0, 0.1) is 0 Å². The SMILES string of the molecule is O=C(NCc1cccc(COc2ccccc2)c1)N1CCCC1CO. The Labute approximate surface area is 148 Å². The molecule has 0 bridgehead atoms. The summed E-state index contributed by atoms with van der Waals surface area (Å²) in [5, 5.41) is 12.3. The van der Waals surface area contributed by atoms with Crippen molar-refractivity contribution in [2.75, 3.05) is 13.2 Å². The second-order valence-electron chi connectivity index (χ2n) is 6.25. The molecule has 2 amide bonds. The van der Waals surface area contributed by atoms with Crippen molar-refractivity contribution in [3.8, 4) is 5.75 Å². The highest BCUT2D eigenvalue weighted by atomic mass is 16.5. The van der Waals surface area contributed by atoms with Gasteiger partial charge in [-0.15, -0.1) is 0 Å². The smallest absolute Gasteiger partial charge is 0.317 e. The predicted octanol–water partition coefficient (Wildman–Crippen LogP) is 2.93. The van der Waals surface area contributed by atoms with Crippen LogP contribution in [-0.2, 0) is 13.2 Å². The van der Waals surface area contributed by atoms with Gasteiger partial charge in [0.05, 0.1) is 12.6 Å². The van der Waals surface area contributed by atoms with Crippen molar-refractivity contribution in [3.05, 3.63) is 65.7 Å². The molecule has 5 nitrogen and oxygen atoms in total. The summed E-state index contributed by atoms with van der Waals surface area (Å²) in [5.74, 6) is 0.838. The van der Waals surface area contributed by atoms with Crippen LogP contribution in [0.3, 0.4) is 0 Å². The van der Waals surface area contributed by atoms with E-state index in [1.54, 1.807) is 4.90 Å². The van der Waals surface area contributed by atoms with E-state index in [-0.39, 0.29) is 18.7 Å². The molecule has 0 radical (unpaired) electrons. The van der Waals surface area contributed by atoms with Gasteiger partial charge in [-0.25, -0.2) is 4.79 Å². The maximum atomic E-state index is 12.3. The third-order valence-corrected chi connectivity index (χ3v) is 4.43. The molecule has 0 spiro atoms. The predicted molar refractivity (Wildman–Crippen MR) is 96.3 cm³/mol. The Kier molecular flexibility index (Phi) is 5.90. The van der Waals surface area contributed by atoms with E-state index < -0.39 is 0 Å². The first kappa shape index (κ1) is 17.3. The van der Waals surface area contributed by atoms with Gasteiger partial charge in [-0.05, 0) is 36.1 Å². The zero-order valence-electron chi connectivity index (χ0n) is 14.2. The zero-order chi connectivity index (χ0) is 17.5. The maximum Gasteiger partial charge on any atom is 0.317 e. The number of urea groups is 1. The number of nitrogens with one attached hydrogen (secondary N) is 1. The van der Waals surface area contributed by atoms with E-state index in [1.165, 1.54) is 0 Å². The Balaban J connectivity index is 1.52. The molecule has 0 saturated carbocycles. The topological polar surface area (TPSA) is 61.8 Å². The minimum absolute atomic E-state index is 0.0275. The van der Waals surface area contributed by atoms with Gasteiger partial charge < -0.3 is 20.1 Å². The number of nitrogens with zero attached hydrogens (tertiary/aromatic N) is 1. The average molecular weight is 340 g/mol. The number of para-hydroxylation sites is 1. The van der Waals surface area contributed by atoms with Crippen LogP contribution in [0.5, 0.6) is 5.75 Å². The van der Waals surface area contributed by atoms with Gasteiger partial charge in [0, 0.05) is 13.1 Å². The molecule has 1 atom stereocenters. The van der Waals surface area contributed by atoms with E-state index in [1.807, 2.05) is 54.6 Å². The molecule has 5 heteroatoms. The maximum absolute atomic E-state index is 12.3. The van der Waals surface area contributed by atoms with E-state index >= 15 is 0 Å². The van der Waals surface area contributed by atoms with E-state index in [2.05, 4.69) is 5.32 Å². The van der Waals surface area contributed by atoms with E-state index in [4.69, 9.17) is 4.74 Å². The van der Waals surface area contributed by atoms with Gasteiger partial charge >= 0.3 is 6.03 Å². The standard InChI is InChI=1S/C20H24N2O3/c23-14-18-8-5-11-22(18)20(24)21-13-16-6-4-7-17(12-16)15-25-19-9-2-1-3-10-19/h1-4,6-7,9-10,12,18,23H,5,8,11,13-15H2,(H,21,24). The number of rotatable bonds is 6. The number of hydrogen-bond acceptors (Lipinski definition) is 3. The van der Waals surface area contributed by atoms with Crippen LogP contribution >= 0.6 is 0 Å². The molecular formula is C20H24N2O3. The van der Waals surface area contributed by atoms with Gasteiger partial charge in [0.1, 0.15) is 12.4 Å². The first-order chi connectivity index (χ1) is 12.3. The van der Waals surface area contributed by atoms with Crippen molar-refractivity contribution < 1.29 is 14.6 Å². The molecule has 1 aliphatic rings. The lowest BCUT2D eigenvalue weighted by molar-refractivity contribution is 0.157. The molecule has 2 aromatic carbocycles. The summed E-state index contributed by atoms with van der Waals surface area (Å²) in [4.78, 5) is 14.0. The molecule has 1 unspecified atom stereocenters. The van der Waals surface area contributed by atoms with Crippen LogP contribution in [-0.4, -0.2) is 35.2 Å². The van der Waals surface area contributed by atoms with Crippen LogP contribution < -0.4 is 10.1 Å². The molecule has 1 saturated heterocycles. The highest BCUT2D eigenvalue weighted by Gasteiger charge is 2.27. The second-order valence-corrected chi connectivity index (χ2v) is 6.25. The number of benzene rings is 2. The lowest BCUT2D eigenvalue weighted by atomic mass is 10.1. The summed E-state index contributed by atoms with van der Waals surface area (Å²) in [6.45, 7) is 1.69. The van der Waals surface area contributed by atoms with Crippen LogP contribution in [0.2, 0.25) is 0 Å². The average Bonchev–Trinajstić information content (AvgIpc) is 3.14. The number of likely N-dealkylation sites (tertiary alicyclic amines) is 1. The number of amides is 2. The number of carbonyl (C=O) groups is 1. The Morgan fingerprint density at radius 1 is 1.16 bits per heavy atom. The summed E-state index contributed by atoms with van der Waals surface area (Å²) >= 11 is 0. The monoisotopic (exact) mass is 340 g/mol. The number of ether oxygens (including phenoxy) is 1. The summed E-state index contributed by atoms with van der Waals surface area (Å²) in [6, 6.07) is 17.5. The molecule has 2 N–H and O–H groups in total. The van der Waals surface area contributed by atoms with Gasteiger partial charge in [-0.2, -0.15) is 0 Å². The van der Waals surface area contributed by atoms with Gasteiger partial charge in [-0.3, -0.25) is 0 Å². The van der Waals surface area contributed by atoms with Crippen LogP contribution in [0.1, 0.15) is 24.0 Å². The molecular weight excluding hydrogens is 316 g/mol. The number of aliphatic hydroxyl groups is 1. The third-order valence-electron chi connectivity index (χ3n) is 4.43. The minimum Gasteiger partial charge on any atom is -0.489 e. The van der Waals surface area contributed by atoms with Crippen molar-refractivity contribution in [1.82, 2.24) is 10.2 Å². The molecule has 0 aliphatic carbocycles. The lowest BCUT2D eigenvalue weighted by Crippen LogP contribution is -2.43. The molecule has 1 aliphatic heterocycles. The highest BCUT2D eigenvalue weighted by Crippen LogP contribution is 2.17. The third kappa shape index (κ3) is 4.73. The van der Waals surface area contributed by atoms with Gasteiger partial charge in [0.15, 0.2) is 0 Å². The van der Waals surface area contributed by atoms with Crippen molar-refractivity contribution in [1.29, 1.82) is 0 Å². The van der Waals surface area contributed by atoms with E-state index in [0.717, 1.165) is 29.7 Å². The minimum atomic E-state index is -0.109. The van der Waals surface area contributed by atoms with Crippen molar-refractivity contribution in [2.45, 2.75) is 32.0 Å². The summed E-state index contributed by atoms with van der Waals surface area (Å²) in [6.07, 6.45) is 1.82. The Bertz CT molecular complexity index is 690. The highest BCUT2D eigenvalue weighted by molar-refractivity contribution is 5.74. The quantitative estimate of drug-likeness (QED) is 0.850. The normalized spacial score (nSPS) is 16.7. The molecule has 132 valence electrons. The van der Waals surface area contributed by atoms with Crippen molar-refractivity contribution in [3.63, 3.8) is 0 Å². The zero-order valence-corrected chi connectivity index (χ0v) is 14.2. The summed E-state index contributed by atoms with van der Waals surface area (Å²) in [7, 11) is 0. The van der Waals surface area contributed by atoms with Gasteiger partial charge in [0.25, 0.3) is 0 Å². The van der Waals surface area contributed by atoms with Crippen LogP contribution in [0.15, 0.2) is 54.6 Å². The molecule has 25 heavy (non-hydrogen) atoms. The van der Waals surface area contributed by atoms with Gasteiger partial charge in [0.2, 0.25) is 0 Å². The molecule has 2 aromatic rings. The lowest BCUT2D eigenvalue weighted by Gasteiger charge is -2.23. The first-order valence-electron chi connectivity index (χ1n) is 8.67. The Hall–Kier alpha value is -2.53. The Morgan fingerprint density at radius 3 is 2.76 bits per heavy atom. The number of carbonyl (C=O) groups excluding carboxylic acids is 1. The second kappa shape index (κ2) is 8.53. The fraction of sp³-hybridized carbons (Fsp3) is 0.350. The number of hydrogen-bond donors (Lipinski definition) is 2. The van der Waals surface area contributed by atoms with Gasteiger partial charge in [-0.1, -0.05) is 42.5 Å². The fourth-order valence-electron chi connectivity index (χ4n) is 3.08. The first-order valence-corrected chi connectivity index (χ1v) is 8.67. The van der Waals surface area contributed by atoms with E-state index in [0.29, 0.717) is 19.7 Å². The largest absolute Gasteiger partial charge is 0.489 e. The molecule has 3 rings (SSSR count). The van der Waals surface area contributed by atoms with Crippen molar-refractivity contribution in [2.24, 2.45) is 0 Å². The molecule has 0 aromatic heterocycles. The Morgan fingerprint density at radius 2 is 1.96 bits per heavy atom. The van der Waals surface area contributed by atoms with Crippen LogP contribution in [0.25, 0.3) is 0 Å². The van der Waals surface area contributed by atoms with Crippen molar-refractivity contribution >= 4 is 6.03 Å². The summed E-state index contributed by atoms with van der Waals surface area (Å²) in [5.41, 5.74) is 2.09. The van der Waals surface area contributed by atoms with E-state index in [9.17, 15) is 9.90 Å². The number of aliphatic hydroxyl groups excluding tert-OH is 1. The fourth-order valence-corrected chi connectivity index (χ4v) is 3.08. The molecule has 1 fully saturated rings.